The van der Waals surface area contributed by atoms with Gasteiger partial charge in [0.05, 0.1) is 12.3 Å². The summed E-state index contributed by atoms with van der Waals surface area (Å²) in [5.74, 6) is 0.364. The van der Waals surface area contributed by atoms with E-state index in [0.29, 0.717) is 29.5 Å². The molecule has 0 spiro atoms. The maximum absolute atomic E-state index is 13.1. The molecule has 0 unspecified atom stereocenters. The second-order valence-electron chi connectivity index (χ2n) is 4.91. The Kier molecular flexibility index (Phi) is 4.40. The van der Waals surface area contributed by atoms with Crippen molar-refractivity contribution >= 4 is 0 Å². The predicted octanol–water partition coefficient (Wildman–Crippen LogP) is 1.93. The summed E-state index contributed by atoms with van der Waals surface area (Å²) >= 11 is 0. The number of hydrogen-bond acceptors (Lipinski definition) is 6. The van der Waals surface area contributed by atoms with E-state index in [4.69, 9.17) is 15.3 Å². The Balaban J connectivity index is 2.03. The van der Waals surface area contributed by atoms with Gasteiger partial charge in [0.25, 0.3) is 0 Å². The van der Waals surface area contributed by atoms with Crippen molar-refractivity contribution in [2.45, 2.75) is 13.0 Å². The summed E-state index contributed by atoms with van der Waals surface area (Å²) in [7, 11) is 0. The summed E-state index contributed by atoms with van der Waals surface area (Å²) in [4.78, 5) is 4.35. The average Bonchev–Trinajstić information content (AvgIpc) is 3.04. The highest BCUT2D eigenvalue weighted by atomic mass is 19.1. The SMILES string of the molecule is NCc1cnc(-c2ccc(F)cc2)cc1-c1nnc(CCO)o1. The molecule has 0 aliphatic rings. The van der Waals surface area contributed by atoms with Crippen molar-refractivity contribution in [2.24, 2.45) is 5.73 Å². The van der Waals surface area contributed by atoms with Gasteiger partial charge in [0.2, 0.25) is 11.8 Å². The summed E-state index contributed by atoms with van der Waals surface area (Å²) < 4.78 is 18.6. The number of aliphatic hydroxyl groups excluding tert-OH is 1. The molecular weight excluding hydrogens is 299 g/mol. The Morgan fingerprint density at radius 3 is 2.65 bits per heavy atom. The van der Waals surface area contributed by atoms with Gasteiger partial charge in [0.1, 0.15) is 5.82 Å². The van der Waals surface area contributed by atoms with Gasteiger partial charge < -0.3 is 15.3 Å². The lowest BCUT2D eigenvalue weighted by Crippen LogP contribution is -2.01. The molecule has 23 heavy (non-hydrogen) atoms. The van der Waals surface area contributed by atoms with Crippen LogP contribution in [0.2, 0.25) is 0 Å². The Hall–Kier alpha value is -2.64. The van der Waals surface area contributed by atoms with Gasteiger partial charge >= 0.3 is 0 Å². The molecule has 0 aliphatic heterocycles. The highest BCUT2D eigenvalue weighted by Crippen LogP contribution is 2.27. The Morgan fingerprint density at radius 1 is 1.17 bits per heavy atom. The van der Waals surface area contributed by atoms with Crippen LogP contribution in [0.3, 0.4) is 0 Å². The van der Waals surface area contributed by atoms with Crippen LogP contribution in [0.5, 0.6) is 0 Å². The Bertz CT molecular complexity index is 802. The van der Waals surface area contributed by atoms with E-state index >= 15 is 0 Å². The number of aromatic nitrogens is 3. The van der Waals surface area contributed by atoms with Gasteiger partial charge in [-0.1, -0.05) is 0 Å². The number of rotatable bonds is 5. The van der Waals surface area contributed by atoms with Crippen molar-refractivity contribution in [3.8, 4) is 22.7 Å². The third-order valence-corrected chi connectivity index (χ3v) is 3.37. The third kappa shape index (κ3) is 3.25. The maximum atomic E-state index is 13.1. The van der Waals surface area contributed by atoms with Crippen LogP contribution in [0.4, 0.5) is 4.39 Å². The molecule has 0 amide bonds. The lowest BCUT2D eigenvalue weighted by Gasteiger charge is -2.07. The van der Waals surface area contributed by atoms with Crippen molar-refractivity contribution in [1.29, 1.82) is 0 Å². The number of halogens is 1. The zero-order valence-electron chi connectivity index (χ0n) is 12.2. The molecule has 0 radical (unpaired) electrons. The topological polar surface area (TPSA) is 98.1 Å². The normalized spacial score (nSPS) is 10.9. The fraction of sp³-hybridized carbons (Fsp3) is 0.188. The molecule has 0 saturated carbocycles. The van der Waals surface area contributed by atoms with Crippen molar-refractivity contribution < 1.29 is 13.9 Å². The van der Waals surface area contributed by atoms with E-state index in [1.165, 1.54) is 12.1 Å². The minimum atomic E-state index is -0.307. The molecule has 0 saturated heterocycles. The van der Waals surface area contributed by atoms with Gasteiger partial charge in [0.15, 0.2) is 0 Å². The number of pyridine rings is 1. The average molecular weight is 314 g/mol. The molecule has 3 rings (SSSR count). The molecular formula is C16H15FN4O2. The predicted molar refractivity (Wildman–Crippen MR) is 81.6 cm³/mol. The first-order chi connectivity index (χ1) is 11.2. The summed E-state index contributed by atoms with van der Waals surface area (Å²) in [6, 6.07) is 7.83. The number of benzene rings is 1. The number of aliphatic hydroxyl groups is 1. The lowest BCUT2D eigenvalue weighted by molar-refractivity contribution is 0.285. The van der Waals surface area contributed by atoms with E-state index in [1.54, 1.807) is 24.4 Å². The summed E-state index contributed by atoms with van der Waals surface area (Å²) in [5.41, 5.74) is 8.60. The van der Waals surface area contributed by atoms with Crippen molar-refractivity contribution in [2.75, 3.05) is 6.61 Å². The van der Waals surface area contributed by atoms with Crippen LogP contribution in [0.15, 0.2) is 40.9 Å². The zero-order valence-corrected chi connectivity index (χ0v) is 12.2. The minimum Gasteiger partial charge on any atom is -0.421 e. The molecule has 0 bridgehead atoms. The Morgan fingerprint density at radius 2 is 1.96 bits per heavy atom. The second-order valence-corrected chi connectivity index (χ2v) is 4.91. The molecule has 0 fully saturated rings. The quantitative estimate of drug-likeness (QED) is 0.746. The van der Waals surface area contributed by atoms with Crippen LogP contribution >= 0.6 is 0 Å². The molecule has 0 atom stereocenters. The summed E-state index contributed by atoms with van der Waals surface area (Å²) in [6.07, 6.45) is 1.94. The van der Waals surface area contributed by atoms with Crippen LogP contribution in [0, 0.1) is 5.82 Å². The monoisotopic (exact) mass is 314 g/mol. The zero-order chi connectivity index (χ0) is 16.2. The largest absolute Gasteiger partial charge is 0.421 e. The van der Waals surface area contributed by atoms with E-state index in [-0.39, 0.29) is 19.0 Å². The van der Waals surface area contributed by atoms with Gasteiger partial charge in [-0.15, -0.1) is 10.2 Å². The molecule has 118 valence electrons. The molecule has 1 aromatic carbocycles. The first-order valence-corrected chi connectivity index (χ1v) is 7.10. The van der Waals surface area contributed by atoms with Crippen molar-refractivity contribution in [3.05, 3.63) is 53.8 Å². The van der Waals surface area contributed by atoms with Gasteiger partial charge in [-0.3, -0.25) is 4.98 Å². The lowest BCUT2D eigenvalue weighted by atomic mass is 10.1. The standard InChI is InChI=1S/C16H15FN4O2/c17-12-3-1-10(2-4-12)14-7-13(11(8-18)9-19-14)16-21-20-15(23-16)5-6-22/h1-4,7,9,22H,5-6,8,18H2. The first-order valence-electron chi connectivity index (χ1n) is 7.10. The summed E-state index contributed by atoms with van der Waals surface area (Å²) in [5, 5.41) is 16.8. The molecule has 0 aliphatic carbocycles. The molecule has 2 heterocycles. The van der Waals surface area contributed by atoms with E-state index in [1.807, 2.05) is 0 Å². The van der Waals surface area contributed by atoms with E-state index in [2.05, 4.69) is 15.2 Å². The fourth-order valence-electron chi connectivity index (χ4n) is 2.18. The van der Waals surface area contributed by atoms with Crippen molar-refractivity contribution in [1.82, 2.24) is 15.2 Å². The van der Waals surface area contributed by atoms with Crippen LogP contribution in [-0.4, -0.2) is 26.9 Å². The maximum Gasteiger partial charge on any atom is 0.248 e. The second kappa shape index (κ2) is 6.64. The highest BCUT2D eigenvalue weighted by Gasteiger charge is 2.14. The smallest absolute Gasteiger partial charge is 0.248 e. The van der Waals surface area contributed by atoms with Crippen LogP contribution in [0.25, 0.3) is 22.7 Å². The first kappa shape index (κ1) is 15.3. The number of nitrogens with zero attached hydrogens (tertiary/aromatic N) is 3. The van der Waals surface area contributed by atoms with Gasteiger partial charge in [-0.2, -0.15) is 0 Å². The third-order valence-electron chi connectivity index (χ3n) is 3.37. The van der Waals surface area contributed by atoms with E-state index < -0.39 is 0 Å². The molecule has 3 aromatic rings. The van der Waals surface area contributed by atoms with Gasteiger partial charge in [-0.25, -0.2) is 4.39 Å². The van der Waals surface area contributed by atoms with E-state index in [0.717, 1.165) is 11.1 Å². The molecule has 3 N–H and O–H groups in total. The van der Waals surface area contributed by atoms with Crippen LogP contribution in [0.1, 0.15) is 11.5 Å². The van der Waals surface area contributed by atoms with Crippen LogP contribution in [-0.2, 0) is 13.0 Å². The fourth-order valence-corrected chi connectivity index (χ4v) is 2.18. The molecule has 7 heteroatoms. The number of nitrogens with two attached hydrogens (primary N) is 1. The highest BCUT2D eigenvalue weighted by molar-refractivity contribution is 5.68. The molecule has 6 nitrogen and oxygen atoms in total. The van der Waals surface area contributed by atoms with Crippen molar-refractivity contribution in [3.63, 3.8) is 0 Å². The number of hydrogen-bond donors (Lipinski definition) is 2. The minimum absolute atomic E-state index is 0.0669. The summed E-state index contributed by atoms with van der Waals surface area (Å²) in [6.45, 7) is 0.201. The van der Waals surface area contributed by atoms with E-state index in [9.17, 15) is 4.39 Å². The Labute approximate surface area is 131 Å². The van der Waals surface area contributed by atoms with Gasteiger partial charge in [-0.05, 0) is 35.9 Å². The van der Waals surface area contributed by atoms with Gasteiger partial charge in [0, 0.05) is 30.3 Å². The molecule has 2 aromatic heterocycles. The van der Waals surface area contributed by atoms with Crippen LogP contribution < -0.4 is 5.73 Å².